The molecule has 0 atom stereocenters. The van der Waals surface area contributed by atoms with Crippen LogP contribution in [0.25, 0.3) is 0 Å². The van der Waals surface area contributed by atoms with Crippen LogP contribution in [-0.4, -0.2) is 43.5 Å². The van der Waals surface area contributed by atoms with Gasteiger partial charge in [-0.3, -0.25) is 4.79 Å². The fraction of sp³-hybridized carbons (Fsp3) is 0.389. The lowest BCUT2D eigenvalue weighted by Crippen LogP contribution is -2.28. The summed E-state index contributed by atoms with van der Waals surface area (Å²) in [5, 5.41) is 14.1. The van der Waals surface area contributed by atoms with Gasteiger partial charge in [-0.2, -0.15) is 0 Å². The van der Waals surface area contributed by atoms with E-state index in [1.807, 2.05) is 6.07 Å². The smallest absolute Gasteiger partial charge is 0.228 e. The zero-order chi connectivity index (χ0) is 18.4. The Balaban J connectivity index is 1.65. The molecule has 8 nitrogen and oxygen atoms in total. The Bertz CT molecular complexity index is 745. The second-order valence-corrected chi connectivity index (χ2v) is 5.87. The SMILES string of the molecule is COc1ccc(OC)c(Nc2ccc(NC(=O)C3CCOCC3)nn2)c1. The predicted octanol–water partition coefficient (Wildman–Crippen LogP) is 2.60. The van der Waals surface area contributed by atoms with Crippen molar-refractivity contribution in [3.05, 3.63) is 30.3 Å². The van der Waals surface area contributed by atoms with E-state index in [1.54, 1.807) is 38.5 Å². The largest absolute Gasteiger partial charge is 0.497 e. The molecular weight excluding hydrogens is 336 g/mol. The number of nitrogens with one attached hydrogen (secondary N) is 2. The molecule has 1 aromatic carbocycles. The summed E-state index contributed by atoms with van der Waals surface area (Å²) in [4.78, 5) is 12.2. The van der Waals surface area contributed by atoms with E-state index in [1.165, 1.54) is 0 Å². The number of anilines is 3. The topological polar surface area (TPSA) is 94.6 Å². The highest BCUT2D eigenvalue weighted by Crippen LogP contribution is 2.31. The third-order valence-electron chi connectivity index (χ3n) is 4.18. The van der Waals surface area contributed by atoms with Gasteiger partial charge in [0.25, 0.3) is 0 Å². The first-order valence-corrected chi connectivity index (χ1v) is 8.41. The molecule has 0 unspecified atom stereocenters. The number of aromatic nitrogens is 2. The Morgan fingerprint density at radius 3 is 2.46 bits per heavy atom. The van der Waals surface area contributed by atoms with Crippen molar-refractivity contribution in [2.45, 2.75) is 12.8 Å². The molecule has 0 spiro atoms. The second-order valence-electron chi connectivity index (χ2n) is 5.87. The molecule has 2 aromatic rings. The van der Waals surface area contributed by atoms with Gasteiger partial charge >= 0.3 is 0 Å². The predicted molar refractivity (Wildman–Crippen MR) is 97.0 cm³/mol. The molecule has 3 rings (SSSR count). The fourth-order valence-electron chi connectivity index (χ4n) is 2.70. The monoisotopic (exact) mass is 358 g/mol. The number of benzene rings is 1. The zero-order valence-electron chi connectivity index (χ0n) is 14.8. The van der Waals surface area contributed by atoms with Crippen molar-refractivity contribution >= 4 is 23.2 Å². The summed E-state index contributed by atoms with van der Waals surface area (Å²) in [5.41, 5.74) is 0.708. The molecular formula is C18H22N4O4. The molecule has 0 bridgehead atoms. The van der Waals surface area contributed by atoms with Crippen LogP contribution in [0.2, 0.25) is 0 Å². The Hall–Kier alpha value is -2.87. The third-order valence-corrected chi connectivity index (χ3v) is 4.18. The molecule has 0 aliphatic carbocycles. The summed E-state index contributed by atoms with van der Waals surface area (Å²) in [6.07, 6.45) is 1.46. The number of hydrogen-bond acceptors (Lipinski definition) is 7. The quantitative estimate of drug-likeness (QED) is 0.819. The normalized spacial score (nSPS) is 14.5. The lowest BCUT2D eigenvalue weighted by molar-refractivity contribution is -0.122. The molecule has 1 aliphatic heterocycles. The molecule has 2 heterocycles. The Morgan fingerprint density at radius 1 is 1.08 bits per heavy atom. The van der Waals surface area contributed by atoms with Gasteiger partial charge in [0.15, 0.2) is 11.6 Å². The maximum atomic E-state index is 12.2. The van der Waals surface area contributed by atoms with Gasteiger partial charge in [0.2, 0.25) is 5.91 Å². The van der Waals surface area contributed by atoms with Gasteiger partial charge in [-0.15, -0.1) is 10.2 Å². The van der Waals surface area contributed by atoms with Gasteiger partial charge in [-0.05, 0) is 37.1 Å². The minimum absolute atomic E-state index is 0.0376. The number of amides is 1. The van der Waals surface area contributed by atoms with E-state index in [0.29, 0.717) is 42.0 Å². The van der Waals surface area contributed by atoms with Crippen molar-refractivity contribution in [3.63, 3.8) is 0 Å². The van der Waals surface area contributed by atoms with Crippen LogP contribution < -0.4 is 20.1 Å². The summed E-state index contributed by atoms with van der Waals surface area (Å²) in [7, 11) is 3.19. The van der Waals surface area contributed by atoms with Crippen molar-refractivity contribution in [1.82, 2.24) is 10.2 Å². The van der Waals surface area contributed by atoms with E-state index < -0.39 is 0 Å². The van der Waals surface area contributed by atoms with Crippen LogP contribution in [-0.2, 0) is 9.53 Å². The van der Waals surface area contributed by atoms with E-state index in [4.69, 9.17) is 14.2 Å². The molecule has 26 heavy (non-hydrogen) atoms. The molecule has 8 heteroatoms. The van der Waals surface area contributed by atoms with Crippen LogP contribution in [0, 0.1) is 5.92 Å². The Kier molecular flexibility index (Phi) is 5.85. The Labute approximate surface area is 151 Å². The maximum absolute atomic E-state index is 12.2. The summed E-state index contributed by atoms with van der Waals surface area (Å²) < 4.78 is 15.8. The van der Waals surface area contributed by atoms with Crippen molar-refractivity contribution in [1.29, 1.82) is 0 Å². The molecule has 0 radical (unpaired) electrons. The first-order valence-electron chi connectivity index (χ1n) is 8.41. The maximum Gasteiger partial charge on any atom is 0.228 e. The van der Waals surface area contributed by atoms with Crippen molar-refractivity contribution in [2.75, 3.05) is 38.1 Å². The van der Waals surface area contributed by atoms with Gasteiger partial charge in [-0.1, -0.05) is 0 Å². The van der Waals surface area contributed by atoms with E-state index in [0.717, 1.165) is 12.8 Å². The Morgan fingerprint density at radius 2 is 1.81 bits per heavy atom. The van der Waals surface area contributed by atoms with E-state index in [-0.39, 0.29) is 11.8 Å². The highest BCUT2D eigenvalue weighted by Gasteiger charge is 2.21. The van der Waals surface area contributed by atoms with Crippen LogP contribution in [0.3, 0.4) is 0 Å². The second kappa shape index (κ2) is 8.48. The summed E-state index contributed by atoms with van der Waals surface area (Å²) in [6, 6.07) is 8.87. The molecule has 1 saturated heterocycles. The van der Waals surface area contributed by atoms with Crippen LogP contribution in [0.1, 0.15) is 12.8 Å². The molecule has 1 aliphatic rings. The molecule has 0 saturated carbocycles. The van der Waals surface area contributed by atoms with Crippen LogP contribution in [0.5, 0.6) is 11.5 Å². The highest BCUT2D eigenvalue weighted by atomic mass is 16.5. The van der Waals surface area contributed by atoms with Gasteiger partial charge in [0, 0.05) is 25.2 Å². The van der Waals surface area contributed by atoms with Gasteiger partial charge in [0.05, 0.1) is 19.9 Å². The molecule has 2 N–H and O–H groups in total. The number of nitrogens with zero attached hydrogens (tertiary/aromatic N) is 2. The van der Waals surface area contributed by atoms with Crippen molar-refractivity contribution < 1.29 is 19.0 Å². The molecule has 1 amide bonds. The third kappa shape index (κ3) is 4.40. The number of methoxy groups -OCH3 is 2. The van der Waals surface area contributed by atoms with Crippen LogP contribution in [0.4, 0.5) is 17.3 Å². The number of hydrogen-bond donors (Lipinski definition) is 2. The minimum atomic E-state index is -0.0437. The fourth-order valence-corrected chi connectivity index (χ4v) is 2.70. The summed E-state index contributed by atoms with van der Waals surface area (Å²) >= 11 is 0. The van der Waals surface area contributed by atoms with Gasteiger partial charge < -0.3 is 24.8 Å². The van der Waals surface area contributed by atoms with E-state index >= 15 is 0 Å². The zero-order valence-corrected chi connectivity index (χ0v) is 14.8. The minimum Gasteiger partial charge on any atom is -0.497 e. The number of rotatable bonds is 6. The van der Waals surface area contributed by atoms with Gasteiger partial charge in [0.1, 0.15) is 11.5 Å². The van der Waals surface area contributed by atoms with E-state index in [9.17, 15) is 4.79 Å². The average molecular weight is 358 g/mol. The molecule has 138 valence electrons. The summed E-state index contributed by atoms with van der Waals surface area (Å²) in [6.45, 7) is 1.24. The number of carbonyl (C=O) groups is 1. The summed E-state index contributed by atoms with van der Waals surface area (Å²) in [5.74, 6) is 2.22. The van der Waals surface area contributed by atoms with Crippen molar-refractivity contribution in [2.24, 2.45) is 5.92 Å². The molecule has 1 aromatic heterocycles. The average Bonchev–Trinajstić information content (AvgIpc) is 2.70. The van der Waals surface area contributed by atoms with Crippen LogP contribution in [0.15, 0.2) is 30.3 Å². The molecule has 1 fully saturated rings. The first kappa shape index (κ1) is 17.9. The number of ether oxygens (including phenoxy) is 3. The van der Waals surface area contributed by atoms with Gasteiger partial charge in [-0.25, -0.2) is 0 Å². The van der Waals surface area contributed by atoms with Crippen molar-refractivity contribution in [3.8, 4) is 11.5 Å². The highest BCUT2D eigenvalue weighted by molar-refractivity contribution is 5.91. The van der Waals surface area contributed by atoms with Crippen LogP contribution >= 0.6 is 0 Å². The first-order chi connectivity index (χ1) is 12.7. The lowest BCUT2D eigenvalue weighted by atomic mass is 9.99. The number of carbonyl (C=O) groups excluding carboxylic acids is 1. The standard InChI is InChI=1S/C18H22N4O4/c1-24-13-3-4-15(25-2)14(11-13)19-16-5-6-17(22-21-16)20-18(23)12-7-9-26-10-8-12/h3-6,11-12H,7-10H2,1-2H3,(H,19,21)(H,20,22,23). The van der Waals surface area contributed by atoms with E-state index in [2.05, 4.69) is 20.8 Å². The lowest BCUT2D eigenvalue weighted by Gasteiger charge is -2.20.